The Bertz CT molecular complexity index is 946. The van der Waals surface area contributed by atoms with E-state index in [1.54, 1.807) is 0 Å². The number of amides is 5. The van der Waals surface area contributed by atoms with Gasteiger partial charge in [-0.25, -0.2) is 15.2 Å². The van der Waals surface area contributed by atoms with Gasteiger partial charge in [0.25, 0.3) is 0 Å². The van der Waals surface area contributed by atoms with Crippen LogP contribution < -0.4 is 16.4 Å². The second-order valence-electron chi connectivity index (χ2n) is 9.79. The van der Waals surface area contributed by atoms with Crippen molar-refractivity contribution < 1.29 is 57.1 Å². The van der Waals surface area contributed by atoms with Crippen LogP contribution in [0.1, 0.15) is 90.4 Å². The van der Waals surface area contributed by atoms with Crippen molar-refractivity contribution in [2.24, 2.45) is 5.73 Å². The molecule has 0 aliphatic rings. The van der Waals surface area contributed by atoms with E-state index in [1.807, 2.05) is 0 Å². The third kappa shape index (κ3) is 30.5. The lowest BCUT2D eigenvalue weighted by atomic mass is 10.2. The van der Waals surface area contributed by atoms with Crippen molar-refractivity contribution in [3.63, 3.8) is 0 Å². The maximum atomic E-state index is 12.0. The molecule has 0 aliphatic carbocycles. The number of unbranched alkanes of at least 4 members (excludes halogenated alkanes) is 6. The van der Waals surface area contributed by atoms with Crippen LogP contribution >= 0.6 is 0 Å². The summed E-state index contributed by atoms with van der Waals surface area (Å²) in [4.78, 5) is 58.4. The van der Waals surface area contributed by atoms with Gasteiger partial charge in [-0.1, -0.05) is 6.42 Å². The van der Waals surface area contributed by atoms with Crippen molar-refractivity contribution in [1.29, 1.82) is 0 Å². The molecule has 0 saturated heterocycles. The van der Waals surface area contributed by atoms with Crippen molar-refractivity contribution in [3.8, 4) is 0 Å². The first-order valence-electron chi connectivity index (χ1n) is 14.5. The van der Waals surface area contributed by atoms with E-state index in [2.05, 4.69) is 10.6 Å². The summed E-state index contributed by atoms with van der Waals surface area (Å²) in [5.74, 6) is -2.05. The van der Waals surface area contributed by atoms with Gasteiger partial charge in [0, 0.05) is 65.3 Å². The lowest BCUT2D eigenvalue weighted by molar-refractivity contribution is -0.166. The van der Waals surface area contributed by atoms with Gasteiger partial charge >= 0.3 is 10.4 Å². The van der Waals surface area contributed by atoms with Gasteiger partial charge in [0.15, 0.2) is 0 Å². The molecule has 0 aromatic heterocycles. The molecular weight excluding hydrogens is 608 g/mol. The zero-order valence-corrected chi connectivity index (χ0v) is 26.2. The van der Waals surface area contributed by atoms with Crippen LogP contribution in [0.3, 0.4) is 0 Å². The van der Waals surface area contributed by atoms with Crippen LogP contribution in [-0.4, -0.2) is 117 Å². The van der Waals surface area contributed by atoms with E-state index in [0.717, 1.165) is 19.3 Å². The van der Waals surface area contributed by atoms with Gasteiger partial charge in [-0.05, 0) is 57.9 Å². The Kier molecular flexibility index (Phi) is 26.0. The van der Waals surface area contributed by atoms with Crippen LogP contribution in [-0.2, 0) is 34.4 Å². The van der Waals surface area contributed by atoms with E-state index in [1.165, 1.54) is 6.92 Å². The third-order valence-corrected chi connectivity index (χ3v) is 5.88. The Labute approximate surface area is 258 Å². The third-order valence-electron chi connectivity index (χ3n) is 5.88. The van der Waals surface area contributed by atoms with Crippen molar-refractivity contribution in [3.05, 3.63) is 0 Å². The van der Waals surface area contributed by atoms with Gasteiger partial charge in [-0.3, -0.25) is 48.7 Å². The van der Waals surface area contributed by atoms with E-state index in [0.29, 0.717) is 73.3 Å². The standard InChI is InChI=1S/C25H48N6O8.H2O4S/c1-21(32)29(37)18-9-3-6-16-27-22(33)12-14-25(36)31(39)20-10-4-7-17-28-23(34)11-13-24(35)30(38)19-8-2-5-15-26;1-5(2,3)4/h37-39H,2-20,26H2,1H3,(H,27,33)(H,28,34);(H2,1,2,3,4). The molecule has 0 unspecified atom stereocenters. The van der Waals surface area contributed by atoms with Gasteiger partial charge in [-0.15, -0.1) is 0 Å². The number of carbonyl (C=O) groups excluding carboxylic acids is 5. The van der Waals surface area contributed by atoms with E-state index >= 15 is 0 Å². The van der Waals surface area contributed by atoms with Crippen LogP contribution in [0.15, 0.2) is 0 Å². The van der Waals surface area contributed by atoms with Gasteiger partial charge in [0.2, 0.25) is 29.5 Å². The normalized spacial score (nSPS) is 10.7. The van der Waals surface area contributed by atoms with Crippen molar-refractivity contribution in [2.75, 3.05) is 39.3 Å². The molecule has 0 fully saturated rings. The summed E-state index contributed by atoms with van der Waals surface area (Å²) in [6.45, 7) is 3.22. The number of hydroxylamine groups is 6. The maximum absolute atomic E-state index is 12.0. The molecule has 18 nitrogen and oxygen atoms in total. The highest BCUT2D eigenvalue weighted by atomic mass is 32.3. The number of nitrogens with zero attached hydrogens (tertiary/aromatic N) is 3. The smallest absolute Gasteiger partial charge is 0.356 e. The number of nitrogens with two attached hydrogens (primary N) is 1. The van der Waals surface area contributed by atoms with Crippen LogP contribution in [0.25, 0.3) is 0 Å². The highest BCUT2D eigenvalue weighted by Gasteiger charge is 2.14. The fourth-order valence-corrected chi connectivity index (χ4v) is 3.45. The van der Waals surface area contributed by atoms with Crippen LogP contribution in [0, 0.1) is 0 Å². The molecule has 0 spiro atoms. The maximum Gasteiger partial charge on any atom is 0.394 e. The van der Waals surface area contributed by atoms with Gasteiger partial charge in [0.1, 0.15) is 0 Å². The summed E-state index contributed by atoms with van der Waals surface area (Å²) in [6.07, 6.45) is 5.84. The zero-order valence-electron chi connectivity index (χ0n) is 25.4. The Balaban J connectivity index is 0. The fourth-order valence-electron chi connectivity index (χ4n) is 3.45. The Morgan fingerprint density at radius 3 is 1.27 bits per heavy atom. The summed E-state index contributed by atoms with van der Waals surface area (Å²) >= 11 is 0. The molecular formula is C25H50N6O12S. The topological polar surface area (TPSA) is 280 Å². The van der Waals surface area contributed by atoms with Crippen LogP contribution in [0.5, 0.6) is 0 Å². The van der Waals surface area contributed by atoms with Gasteiger partial charge in [-0.2, -0.15) is 8.42 Å². The molecule has 0 radical (unpaired) electrons. The minimum Gasteiger partial charge on any atom is -0.356 e. The molecule has 0 bridgehead atoms. The highest BCUT2D eigenvalue weighted by Crippen LogP contribution is 2.03. The number of hydrogen-bond acceptors (Lipinski definition) is 11. The highest BCUT2D eigenvalue weighted by molar-refractivity contribution is 7.79. The van der Waals surface area contributed by atoms with Crippen molar-refractivity contribution >= 4 is 39.9 Å². The van der Waals surface area contributed by atoms with Gasteiger partial charge < -0.3 is 16.4 Å². The molecule has 5 amide bonds. The number of rotatable bonds is 23. The second kappa shape index (κ2) is 26.5. The first-order valence-corrected chi connectivity index (χ1v) is 15.9. The molecule has 0 aromatic carbocycles. The first-order chi connectivity index (χ1) is 20.6. The molecule has 0 aliphatic heterocycles. The van der Waals surface area contributed by atoms with Gasteiger partial charge in [0.05, 0.1) is 0 Å². The van der Waals surface area contributed by atoms with E-state index in [4.69, 9.17) is 23.3 Å². The van der Waals surface area contributed by atoms with E-state index in [-0.39, 0.29) is 57.1 Å². The Hall–Kier alpha value is -2.94. The van der Waals surface area contributed by atoms with E-state index in [9.17, 15) is 39.6 Å². The van der Waals surface area contributed by atoms with Crippen LogP contribution in [0.2, 0.25) is 0 Å². The average Bonchev–Trinajstić information content (AvgIpc) is 2.94. The molecule has 19 heteroatoms. The number of nitrogens with one attached hydrogen (secondary N) is 2. The lowest BCUT2D eigenvalue weighted by Crippen LogP contribution is -2.31. The van der Waals surface area contributed by atoms with Crippen molar-refractivity contribution in [1.82, 2.24) is 25.8 Å². The lowest BCUT2D eigenvalue weighted by Gasteiger charge is -2.15. The summed E-state index contributed by atoms with van der Waals surface area (Å²) in [5.41, 5.74) is 5.39. The second-order valence-corrected chi connectivity index (χ2v) is 10.7. The molecule has 0 rings (SSSR count). The summed E-state index contributed by atoms with van der Waals surface area (Å²) in [5, 5.41) is 36.1. The predicted octanol–water partition coefficient (Wildman–Crippen LogP) is 0.269. The summed E-state index contributed by atoms with van der Waals surface area (Å²) in [7, 11) is -4.67. The largest absolute Gasteiger partial charge is 0.394 e. The molecule has 0 heterocycles. The average molecular weight is 659 g/mol. The summed E-state index contributed by atoms with van der Waals surface area (Å²) in [6, 6.07) is 0. The Morgan fingerprint density at radius 1 is 0.591 bits per heavy atom. The number of carbonyl (C=O) groups is 5. The minimum atomic E-state index is -4.67. The fraction of sp³-hybridized carbons (Fsp3) is 0.800. The zero-order chi connectivity index (χ0) is 34.0. The van der Waals surface area contributed by atoms with E-state index < -0.39 is 28.1 Å². The predicted molar refractivity (Wildman–Crippen MR) is 155 cm³/mol. The SMILES string of the molecule is CC(=O)N(O)CCCCCNC(=O)CCC(=O)N(O)CCCCCNC(=O)CCC(=O)N(O)CCCCCN.O=S(=O)(O)O. The molecule has 0 atom stereocenters. The molecule has 9 N–H and O–H groups in total. The monoisotopic (exact) mass is 658 g/mol. The minimum absolute atomic E-state index is 0.0191. The molecule has 0 saturated carbocycles. The molecule has 258 valence electrons. The number of hydrogen-bond donors (Lipinski definition) is 8. The molecule has 44 heavy (non-hydrogen) atoms. The Morgan fingerprint density at radius 2 is 0.932 bits per heavy atom. The van der Waals surface area contributed by atoms with Crippen LogP contribution in [0.4, 0.5) is 0 Å². The van der Waals surface area contributed by atoms with Crippen molar-refractivity contribution in [2.45, 2.75) is 90.4 Å². The summed E-state index contributed by atoms with van der Waals surface area (Å²) < 4.78 is 31.6. The quantitative estimate of drug-likeness (QED) is 0.0317. The molecule has 0 aromatic rings. The first kappa shape index (κ1) is 43.2.